The highest BCUT2D eigenvalue weighted by Crippen LogP contribution is 2.55. The summed E-state index contributed by atoms with van der Waals surface area (Å²) in [5, 5.41) is 10.9. The van der Waals surface area contributed by atoms with Crippen molar-refractivity contribution >= 4 is 11.8 Å². The van der Waals surface area contributed by atoms with Crippen molar-refractivity contribution in [1.82, 2.24) is 20.4 Å². The lowest BCUT2D eigenvalue weighted by molar-refractivity contribution is -0.123. The van der Waals surface area contributed by atoms with Gasteiger partial charge in [0.15, 0.2) is 5.69 Å². The Hall–Kier alpha value is -2.02. The summed E-state index contributed by atoms with van der Waals surface area (Å²) in [5.74, 6) is 2.33. The zero-order valence-electron chi connectivity index (χ0n) is 15.2. The minimum atomic E-state index is -0.174. The third-order valence-electron chi connectivity index (χ3n) is 5.79. The van der Waals surface area contributed by atoms with Gasteiger partial charge in [0.25, 0.3) is 5.91 Å². The number of nitrogens with zero attached hydrogens (tertiary/aromatic N) is 3. The first-order chi connectivity index (χ1) is 12.6. The molecule has 7 heteroatoms. The van der Waals surface area contributed by atoms with Crippen molar-refractivity contribution in [3.63, 3.8) is 0 Å². The maximum absolute atomic E-state index is 12.5. The Kier molecular flexibility index (Phi) is 4.89. The molecular formula is C19H26N4O3. The Balaban J connectivity index is 1.23. The number of ether oxygens (including phenoxy) is 1. The van der Waals surface area contributed by atoms with Crippen molar-refractivity contribution in [1.29, 1.82) is 0 Å². The van der Waals surface area contributed by atoms with E-state index in [1.54, 1.807) is 17.0 Å². The van der Waals surface area contributed by atoms with Gasteiger partial charge in [0.05, 0.1) is 18.4 Å². The first-order valence-electron chi connectivity index (χ1n) is 9.56. The fourth-order valence-electron chi connectivity index (χ4n) is 4.27. The second-order valence-corrected chi connectivity index (χ2v) is 7.91. The van der Waals surface area contributed by atoms with E-state index in [0.29, 0.717) is 44.3 Å². The van der Waals surface area contributed by atoms with Crippen LogP contribution in [0.4, 0.5) is 0 Å². The van der Waals surface area contributed by atoms with E-state index in [2.05, 4.69) is 15.5 Å². The van der Waals surface area contributed by atoms with Gasteiger partial charge in [0.2, 0.25) is 5.91 Å². The Morgan fingerprint density at radius 1 is 1.23 bits per heavy atom. The van der Waals surface area contributed by atoms with Crippen LogP contribution in [0.1, 0.15) is 41.9 Å². The molecular weight excluding hydrogens is 332 g/mol. The molecule has 1 N–H and O–H groups in total. The smallest absolute Gasteiger partial charge is 0.274 e. The van der Waals surface area contributed by atoms with E-state index in [4.69, 9.17) is 4.74 Å². The van der Waals surface area contributed by atoms with Crippen molar-refractivity contribution in [2.45, 2.75) is 38.7 Å². The van der Waals surface area contributed by atoms with Gasteiger partial charge in [-0.15, -0.1) is 5.10 Å². The molecule has 2 aliphatic carbocycles. The van der Waals surface area contributed by atoms with E-state index >= 15 is 0 Å². The topological polar surface area (TPSA) is 84.4 Å². The normalized spacial score (nSPS) is 30.0. The number of morpholine rings is 1. The lowest BCUT2D eigenvalue weighted by atomic mass is 9.99. The molecule has 2 saturated carbocycles. The fourth-order valence-corrected chi connectivity index (χ4v) is 4.27. The predicted octanol–water partition coefficient (Wildman–Crippen LogP) is 1.18. The van der Waals surface area contributed by atoms with Crippen LogP contribution in [-0.4, -0.2) is 59.3 Å². The molecule has 140 valence electrons. The fraction of sp³-hybridized carbons (Fsp3) is 0.684. The van der Waals surface area contributed by atoms with Crippen LogP contribution in [0.3, 0.4) is 0 Å². The van der Waals surface area contributed by atoms with Gasteiger partial charge in [-0.05, 0) is 56.1 Å². The lowest BCUT2D eigenvalue weighted by Crippen LogP contribution is -2.49. The summed E-state index contributed by atoms with van der Waals surface area (Å²) in [7, 11) is 0. The van der Waals surface area contributed by atoms with Gasteiger partial charge in [0, 0.05) is 26.1 Å². The third-order valence-corrected chi connectivity index (χ3v) is 5.79. The molecule has 3 aliphatic rings. The van der Waals surface area contributed by atoms with Crippen LogP contribution < -0.4 is 5.32 Å². The van der Waals surface area contributed by atoms with Crippen molar-refractivity contribution in [3.05, 3.63) is 23.5 Å². The van der Waals surface area contributed by atoms with Crippen LogP contribution >= 0.6 is 0 Å². The van der Waals surface area contributed by atoms with Crippen molar-refractivity contribution in [3.8, 4) is 0 Å². The van der Waals surface area contributed by atoms with Crippen LogP contribution in [0.2, 0.25) is 0 Å². The molecule has 26 heavy (non-hydrogen) atoms. The summed E-state index contributed by atoms with van der Waals surface area (Å²) < 4.78 is 5.71. The Bertz CT molecular complexity index is 668. The number of carbonyl (C=O) groups is 2. The molecule has 0 spiro atoms. The standard InChI is InChI=1S/C19H26N4O3/c1-12-2-3-17(22-21-12)19(25)23-4-5-26-16(11-23)10-20-18(24)8-13-6-14-9-15(14)7-13/h2-3,13-16H,4-11H2,1H3,(H,20,24). The monoisotopic (exact) mass is 358 g/mol. The molecule has 1 aromatic rings. The predicted molar refractivity (Wildman–Crippen MR) is 94.4 cm³/mol. The Morgan fingerprint density at radius 3 is 2.77 bits per heavy atom. The van der Waals surface area contributed by atoms with Gasteiger partial charge in [-0.25, -0.2) is 0 Å². The summed E-state index contributed by atoms with van der Waals surface area (Å²) in [6.45, 7) is 3.74. The molecule has 7 nitrogen and oxygen atoms in total. The average molecular weight is 358 g/mol. The highest BCUT2D eigenvalue weighted by molar-refractivity contribution is 5.92. The second-order valence-electron chi connectivity index (χ2n) is 7.91. The van der Waals surface area contributed by atoms with E-state index in [1.807, 2.05) is 6.92 Å². The van der Waals surface area contributed by atoms with Crippen molar-refractivity contribution in [2.75, 3.05) is 26.2 Å². The van der Waals surface area contributed by atoms with Crippen LogP contribution in [0, 0.1) is 24.7 Å². The van der Waals surface area contributed by atoms with Crippen LogP contribution in [0.5, 0.6) is 0 Å². The number of hydrogen-bond acceptors (Lipinski definition) is 5. The number of fused-ring (bicyclic) bond motifs is 1. The van der Waals surface area contributed by atoms with Gasteiger partial charge in [0.1, 0.15) is 0 Å². The highest BCUT2D eigenvalue weighted by atomic mass is 16.5. The van der Waals surface area contributed by atoms with Gasteiger partial charge in [-0.1, -0.05) is 0 Å². The molecule has 3 atom stereocenters. The summed E-state index contributed by atoms with van der Waals surface area (Å²) >= 11 is 0. The first-order valence-corrected chi connectivity index (χ1v) is 9.56. The maximum atomic E-state index is 12.5. The molecule has 3 unspecified atom stereocenters. The van der Waals surface area contributed by atoms with Crippen LogP contribution in [0.15, 0.2) is 12.1 Å². The maximum Gasteiger partial charge on any atom is 0.274 e. The van der Waals surface area contributed by atoms with Gasteiger partial charge in [-0.3, -0.25) is 9.59 Å². The van der Waals surface area contributed by atoms with E-state index in [-0.39, 0.29) is 17.9 Å². The lowest BCUT2D eigenvalue weighted by Gasteiger charge is -2.32. The van der Waals surface area contributed by atoms with E-state index in [9.17, 15) is 9.59 Å². The zero-order chi connectivity index (χ0) is 18.1. The number of nitrogens with one attached hydrogen (secondary N) is 1. The largest absolute Gasteiger partial charge is 0.373 e. The SMILES string of the molecule is Cc1ccc(C(=O)N2CCOC(CNC(=O)CC3CC4CC4C3)C2)nn1. The second kappa shape index (κ2) is 7.31. The van der Waals surface area contributed by atoms with E-state index < -0.39 is 0 Å². The molecule has 2 heterocycles. The number of amides is 2. The van der Waals surface area contributed by atoms with E-state index in [1.165, 1.54) is 19.3 Å². The molecule has 4 rings (SSSR count). The molecule has 3 fully saturated rings. The number of carbonyl (C=O) groups excluding carboxylic acids is 2. The number of aryl methyl sites for hydroxylation is 1. The van der Waals surface area contributed by atoms with Gasteiger partial charge in [-0.2, -0.15) is 5.10 Å². The molecule has 0 bridgehead atoms. The summed E-state index contributed by atoms with van der Waals surface area (Å²) in [6.07, 6.45) is 4.27. The van der Waals surface area contributed by atoms with Crippen molar-refractivity contribution < 1.29 is 14.3 Å². The first kappa shape index (κ1) is 17.4. The van der Waals surface area contributed by atoms with Crippen LogP contribution in [0.25, 0.3) is 0 Å². The molecule has 0 aromatic carbocycles. The molecule has 1 aliphatic heterocycles. The number of hydrogen-bond donors (Lipinski definition) is 1. The van der Waals surface area contributed by atoms with Gasteiger partial charge < -0.3 is 15.0 Å². The van der Waals surface area contributed by atoms with Crippen LogP contribution in [-0.2, 0) is 9.53 Å². The number of aromatic nitrogens is 2. The Labute approximate surface area is 153 Å². The third kappa shape index (κ3) is 4.03. The molecule has 1 saturated heterocycles. The summed E-state index contributed by atoms with van der Waals surface area (Å²) in [6, 6.07) is 3.48. The number of rotatable bonds is 5. The molecule has 2 amide bonds. The molecule has 0 radical (unpaired) electrons. The van der Waals surface area contributed by atoms with E-state index in [0.717, 1.165) is 17.5 Å². The minimum absolute atomic E-state index is 0.104. The highest BCUT2D eigenvalue weighted by Gasteiger charge is 2.45. The summed E-state index contributed by atoms with van der Waals surface area (Å²) in [5.41, 5.74) is 1.13. The van der Waals surface area contributed by atoms with Crippen molar-refractivity contribution in [2.24, 2.45) is 17.8 Å². The Morgan fingerprint density at radius 2 is 2.04 bits per heavy atom. The average Bonchev–Trinajstić information content (AvgIpc) is 3.26. The quantitative estimate of drug-likeness (QED) is 0.854. The van der Waals surface area contributed by atoms with Gasteiger partial charge >= 0.3 is 0 Å². The minimum Gasteiger partial charge on any atom is -0.373 e. The molecule has 1 aromatic heterocycles. The zero-order valence-corrected chi connectivity index (χ0v) is 15.2. The summed E-state index contributed by atoms with van der Waals surface area (Å²) in [4.78, 5) is 26.4.